The first-order valence-corrected chi connectivity index (χ1v) is 6.31. The molecule has 0 spiro atoms. The smallest absolute Gasteiger partial charge is 0.224 e. The maximum atomic E-state index is 11.5. The minimum absolute atomic E-state index is 0.107. The average Bonchev–Trinajstić information content (AvgIpc) is 2.26. The van der Waals surface area contributed by atoms with Gasteiger partial charge in [0.25, 0.3) is 0 Å². The van der Waals surface area contributed by atoms with Gasteiger partial charge in [0.2, 0.25) is 5.91 Å². The summed E-state index contributed by atoms with van der Waals surface area (Å²) in [7, 11) is 0. The molecule has 0 radical (unpaired) electrons. The van der Waals surface area contributed by atoms with Crippen LogP contribution in [0.2, 0.25) is 0 Å². The highest BCUT2D eigenvalue weighted by Gasteiger charge is 2.01. The van der Waals surface area contributed by atoms with E-state index in [4.69, 9.17) is 0 Å². The van der Waals surface area contributed by atoms with Crippen molar-refractivity contribution >= 4 is 21.8 Å². The fourth-order valence-electron chi connectivity index (χ4n) is 1.29. The minimum atomic E-state index is 0.107. The molecule has 1 rings (SSSR count). The summed E-state index contributed by atoms with van der Waals surface area (Å²) in [5.41, 5.74) is 1.07. The van der Waals surface area contributed by atoms with Crippen molar-refractivity contribution in [2.24, 2.45) is 0 Å². The summed E-state index contributed by atoms with van der Waals surface area (Å²) in [5.74, 6) is 0.107. The molecule has 1 aromatic rings. The van der Waals surface area contributed by atoms with Crippen LogP contribution in [0.5, 0.6) is 0 Å². The highest BCUT2D eigenvalue weighted by Crippen LogP contribution is 1.99. The van der Waals surface area contributed by atoms with Gasteiger partial charge in [-0.3, -0.25) is 4.79 Å². The molecular formula is C12H16BrNO. The number of nitrogens with one attached hydrogen (secondary N) is 1. The Kier molecular flexibility index (Phi) is 6.09. The van der Waals surface area contributed by atoms with E-state index in [1.807, 2.05) is 30.3 Å². The molecule has 0 unspecified atom stereocenters. The van der Waals surface area contributed by atoms with Crippen molar-refractivity contribution in [3.8, 4) is 0 Å². The zero-order valence-electron chi connectivity index (χ0n) is 8.71. The van der Waals surface area contributed by atoms with Crippen molar-refractivity contribution in [3.63, 3.8) is 0 Å². The van der Waals surface area contributed by atoms with Gasteiger partial charge in [0.15, 0.2) is 0 Å². The van der Waals surface area contributed by atoms with Gasteiger partial charge >= 0.3 is 0 Å². The first-order chi connectivity index (χ1) is 7.33. The van der Waals surface area contributed by atoms with Gasteiger partial charge in [-0.2, -0.15) is 0 Å². The highest BCUT2D eigenvalue weighted by atomic mass is 79.9. The summed E-state index contributed by atoms with van der Waals surface area (Å²) in [4.78, 5) is 11.5. The molecule has 2 nitrogen and oxygen atoms in total. The third kappa shape index (κ3) is 5.57. The molecule has 0 atom stereocenters. The largest absolute Gasteiger partial charge is 0.356 e. The van der Waals surface area contributed by atoms with Gasteiger partial charge in [-0.1, -0.05) is 46.3 Å². The Morgan fingerprint density at radius 1 is 1.20 bits per heavy atom. The summed E-state index contributed by atoms with van der Waals surface area (Å²) >= 11 is 3.36. The van der Waals surface area contributed by atoms with Crippen LogP contribution in [-0.2, 0) is 11.2 Å². The number of carbonyl (C=O) groups is 1. The van der Waals surface area contributed by atoms with E-state index in [0.717, 1.165) is 30.3 Å². The predicted molar refractivity (Wildman–Crippen MR) is 66.2 cm³/mol. The van der Waals surface area contributed by atoms with E-state index < -0.39 is 0 Å². The quantitative estimate of drug-likeness (QED) is 0.624. The maximum absolute atomic E-state index is 11.5. The second kappa shape index (κ2) is 7.46. The van der Waals surface area contributed by atoms with Gasteiger partial charge in [0, 0.05) is 11.9 Å². The van der Waals surface area contributed by atoms with Crippen LogP contribution < -0.4 is 5.32 Å². The third-order valence-corrected chi connectivity index (χ3v) is 2.65. The Labute approximate surface area is 99.2 Å². The van der Waals surface area contributed by atoms with Crippen LogP contribution in [0.3, 0.4) is 0 Å². The fraction of sp³-hybridized carbons (Fsp3) is 0.417. The molecule has 1 aromatic carbocycles. The Morgan fingerprint density at radius 2 is 1.93 bits per heavy atom. The number of alkyl halides is 1. The average molecular weight is 270 g/mol. The number of unbranched alkanes of at least 4 members (excludes halogenated alkanes) is 1. The Balaban J connectivity index is 2.19. The molecule has 0 aliphatic carbocycles. The molecule has 1 amide bonds. The first kappa shape index (κ1) is 12.2. The number of hydrogen-bond acceptors (Lipinski definition) is 1. The Bertz CT molecular complexity index is 287. The van der Waals surface area contributed by atoms with Crippen molar-refractivity contribution in [1.29, 1.82) is 0 Å². The van der Waals surface area contributed by atoms with Gasteiger partial charge in [0.05, 0.1) is 6.42 Å². The van der Waals surface area contributed by atoms with Crippen molar-refractivity contribution in [3.05, 3.63) is 35.9 Å². The molecule has 0 bridgehead atoms. The lowest BCUT2D eigenvalue weighted by atomic mass is 10.1. The zero-order chi connectivity index (χ0) is 10.9. The van der Waals surface area contributed by atoms with Gasteiger partial charge in [-0.15, -0.1) is 0 Å². The van der Waals surface area contributed by atoms with Gasteiger partial charge in [-0.05, 0) is 18.4 Å². The van der Waals surface area contributed by atoms with Crippen molar-refractivity contribution in [1.82, 2.24) is 5.32 Å². The Morgan fingerprint density at radius 3 is 2.60 bits per heavy atom. The van der Waals surface area contributed by atoms with Crippen molar-refractivity contribution in [2.45, 2.75) is 19.3 Å². The lowest BCUT2D eigenvalue weighted by Gasteiger charge is -2.04. The van der Waals surface area contributed by atoms with E-state index in [0.29, 0.717) is 6.42 Å². The SMILES string of the molecule is O=C(Cc1ccccc1)NCCCCBr. The second-order valence-corrected chi connectivity index (χ2v) is 4.20. The first-order valence-electron chi connectivity index (χ1n) is 5.19. The maximum Gasteiger partial charge on any atom is 0.224 e. The second-order valence-electron chi connectivity index (χ2n) is 3.41. The van der Waals surface area contributed by atoms with Gasteiger partial charge in [0.1, 0.15) is 0 Å². The topological polar surface area (TPSA) is 29.1 Å². The molecule has 82 valence electrons. The van der Waals surface area contributed by atoms with Crippen LogP contribution in [0.1, 0.15) is 18.4 Å². The number of benzene rings is 1. The number of rotatable bonds is 6. The van der Waals surface area contributed by atoms with Crippen LogP contribution in [0.25, 0.3) is 0 Å². The van der Waals surface area contributed by atoms with Crippen LogP contribution in [0, 0.1) is 0 Å². The molecule has 0 saturated heterocycles. The van der Waals surface area contributed by atoms with Gasteiger partial charge in [-0.25, -0.2) is 0 Å². The fourth-order valence-corrected chi connectivity index (χ4v) is 1.69. The van der Waals surface area contributed by atoms with E-state index in [2.05, 4.69) is 21.2 Å². The van der Waals surface area contributed by atoms with Gasteiger partial charge < -0.3 is 5.32 Å². The molecule has 0 aromatic heterocycles. The van der Waals surface area contributed by atoms with Crippen LogP contribution in [-0.4, -0.2) is 17.8 Å². The molecule has 1 N–H and O–H groups in total. The molecule has 0 aliphatic rings. The van der Waals surface area contributed by atoms with Crippen LogP contribution in [0.4, 0.5) is 0 Å². The molecular weight excluding hydrogens is 254 g/mol. The number of halogens is 1. The lowest BCUT2D eigenvalue weighted by Crippen LogP contribution is -2.26. The molecule has 3 heteroatoms. The lowest BCUT2D eigenvalue weighted by molar-refractivity contribution is -0.120. The van der Waals surface area contributed by atoms with E-state index in [9.17, 15) is 4.79 Å². The van der Waals surface area contributed by atoms with Crippen molar-refractivity contribution < 1.29 is 4.79 Å². The molecule has 0 heterocycles. The number of hydrogen-bond donors (Lipinski definition) is 1. The van der Waals surface area contributed by atoms with Crippen LogP contribution >= 0.6 is 15.9 Å². The summed E-state index contributed by atoms with van der Waals surface area (Å²) in [6.07, 6.45) is 2.62. The van der Waals surface area contributed by atoms with E-state index >= 15 is 0 Å². The molecule has 0 fully saturated rings. The standard InChI is InChI=1S/C12H16BrNO/c13-8-4-5-9-14-12(15)10-11-6-2-1-3-7-11/h1-3,6-7H,4-5,8-10H2,(H,14,15). The predicted octanol–water partition coefficient (Wildman–Crippen LogP) is 2.52. The monoisotopic (exact) mass is 269 g/mol. The molecule has 15 heavy (non-hydrogen) atoms. The summed E-state index contributed by atoms with van der Waals surface area (Å²) in [6, 6.07) is 9.80. The number of carbonyl (C=O) groups excluding carboxylic acids is 1. The Hall–Kier alpha value is -0.830. The third-order valence-electron chi connectivity index (χ3n) is 2.09. The minimum Gasteiger partial charge on any atom is -0.356 e. The number of amides is 1. The zero-order valence-corrected chi connectivity index (χ0v) is 10.3. The summed E-state index contributed by atoms with van der Waals surface area (Å²) in [5, 5.41) is 3.91. The highest BCUT2D eigenvalue weighted by molar-refractivity contribution is 9.09. The molecule has 0 aliphatic heterocycles. The summed E-state index contributed by atoms with van der Waals surface area (Å²) < 4.78 is 0. The van der Waals surface area contributed by atoms with E-state index in [1.165, 1.54) is 0 Å². The van der Waals surface area contributed by atoms with E-state index in [-0.39, 0.29) is 5.91 Å². The van der Waals surface area contributed by atoms with Crippen LogP contribution in [0.15, 0.2) is 30.3 Å². The molecule has 0 saturated carbocycles. The summed E-state index contributed by atoms with van der Waals surface area (Å²) in [6.45, 7) is 0.775. The van der Waals surface area contributed by atoms with Crippen molar-refractivity contribution in [2.75, 3.05) is 11.9 Å². The normalized spacial score (nSPS) is 9.93. The van der Waals surface area contributed by atoms with E-state index in [1.54, 1.807) is 0 Å².